The van der Waals surface area contributed by atoms with Crippen LogP contribution in [0.2, 0.25) is 0 Å². The van der Waals surface area contributed by atoms with Gasteiger partial charge in [-0.05, 0) is 56.0 Å². The number of ketones is 1. The zero-order valence-electron chi connectivity index (χ0n) is 19.9. The number of benzene rings is 2. The lowest BCUT2D eigenvalue weighted by Gasteiger charge is -2.37. The van der Waals surface area contributed by atoms with E-state index in [4.69, 9.17) is 9.47 Å². The SMILES string of the molecule is CC(C)(C)OC(=O)NC1(C(=O)C[C@H](C#N)Cc2ccc(-c3ccc(F)cc3)cc2)CCOCC1. The average molecular weight is 467 g/mol. The Kier molecular flexibility index (Phi) is 8.06. The molecule has 1 aliphatic heterocycles. The van der Waals surface area contributed by atoms with Crippen molar-refractivity contribution in [2.24, 2.45) is 5.92 Å². The van der Waals surface area contributed by atoms with Crippen molar-refractivity contribution < 1.29 is 23.5 Å². The second-order valence-corrected chi connectivity index (χ2v) is 9.68. The molecule has 3 rings (SSSR count). The molecule has 2 aromatic rings. The van der Waals surface area contributed by atoms with Crippen LogP contribution in [0.1, 0.15) is 45.6 Å². The number of hydrogen-bond acceptors (Lipinski definition) is 5. The second-order valence-electron chi connectivity index (χ2n) is 9.68. The molecule has 0 saturated carbocycles. The van der Waals surface area contributed by atoms with Gasteiger partial charge in [0.25, 0.3) is 0 Å². The van der Waals surface area contributed by atoms with E-state index in [2.05, 4.69) is 11.4 Å². The first-order valence-electron chi connectivity index (χ1n) is 11.5. The zero-order valence-corrected chi connectivity index (χ0v) is 19.9. The third-order valence-corrected chi connectivity index (χ3v) is 5.85. The van der Waals surface area contributed by atoms with Crippen molar-refractivity contribution in [1.29, 1.82) is 5.26 Å². The molecule has 0 aliphatic carbocycles. The van der Waals surface area contributed by atoms with Gasteiger partial charge in [-0.1, -0.05) is 36.4 Å². The van der Waals surface area contributed by atoms with Gasteiger partial charge in [-0.3, -0.25) is 4.79 Å². The van der Waals surface area contributed by atoms with Crippen LogP contribution in [0, 0.1) is 23.1 Å². The van der Waals surface area contributed by atoms with Crippen LogP contribution in [0.15, 0.2) is 48.5 Å². The normalized spacial score (nSPS) is 16.2. The van der Waals surface area contributed by atoms with Crippen LogP contribution in [0.4, 0.5) is 9.18 Å². The largest absolute Gasteiger partial charge is 0.444 e. The third kappa shape index (κ3) is 6.88. The van der Waals surface area contributed by atoms with E-state index in [9.17, 15) is 19.2 Å². The molecular weight excluding hydrogens is 435 g/mol. The van der Waals surface area contributed by atoms with E-state index >= 15 is 0 Å². The van der Waals surface area contributed by atoms with Gasteiger partial charge in [-0.25, -0.2) is 9.18 Å². The van der Waals surface area contributed by atoms with Crippen molar-refractivity contribution in [3.05, 3.63) is 59.9 Å². The summed E-state index contributed by atoms with van der Waals surface area (Å²) in [5, 5.41) is 12.5. The van der Waals surface area contributed by atoms with Gasteiger partial charge in [-0.15, -0.1) is 0 Å². The Labute approximate surface area is 200 Å². The molecule has 1 atom stereocenters. The number of rotatable bonds is 7. The summed E-state index contributed by atoms with van der Waals surface area (Å²) >= 11 is 0. The van der Waals surface area contributed by atoms with Crippen LogP contribution >= 0.6 is 0 Å². The molecule has 0 unspecified atom stereocenters. The van der Waals surface area contributed by atoms with Crippen LogP contribution in [-0.4, -0.2) is 36.2 Å². The number of nitriles is 1. The summed E-state index contributed by atoms with van der Waals surface area (Å²) in [5.41, 5.74) is 0.980. The van der Waals surface area contributed by atoms with E-state index in [0.29, 0.717) is 32.5 Å². The first-order valence-corrected chi connectivity index (χ1v) is 11.5. The van der Waals surface area contributed by atoms with E-state index in [0.717, 1.165) is 16.7 Å². The Morgan fingerprint density at radius 1 is 1.09 bits per heavy atom. The molecule has 1 saturated heterocycles. The van der Waals surface area contributed by atoms with Gasteiger partial charge in [0, 0.05) is 32.5 Å². The van der Waals surface area contributed by atoms with E-state index in [1.165, 1.54) is 12.1 Å². The number of carbonyl (C=O) groups is 2. The predicted octanol–water partition coefficient (Wildman–Crippen LogP) is 5.21. The summed E-state index contributed by atoms with van der Waals surface area (Å²) in [6, 6.07) is 16.2. The summed E-state index contributed by atoms with van der Waals surface area (Å²) in [5.74, 6) is -1.01. The Morgan fingerprint density at radius 2 is 1.65 bits per heavy atom. The third-order valence-electron chi connectivity index (χ3n) is 5.85. The molecule has 6 nitrogen and oxygen atoms in total. The lowest BCUT2D eigenvalue weighted by atomic mass is 9.80. The molecule has 0 bridgehead atoms. The highest BCUT2D eigenvalue weighted by Gasteiger charge is 2.42. The number of ether oxygens (including phenoxy) is 2. The molecule has 180 valence electrons. The maximum absolute atomic E-state index is 13.3. The Bertz CT molecular complexity index is 1030. The van der Waals surface area contributed by atoms with Crippen LogP contribution < -0.4 is 5.32 Å². The summed E-state index contributed by atoms with van der Waals surface area (Å²) in [4.78, 5) is 25.8. The van der Waals surface area contributed by atoms with Crippen molar-refractivity contribution in [3.8, 4) is 17.2 Å². The van der Waals surface area contributed by atoms with E-state index in [1.807, 2.05) is 24.3 Å². The molecule has 1 heterocycles. The minimum absolute atomic E-state index is 0.0199. The van der Waals surface area contributed by atoms with Crippen molar-refractivity contribution >= 4 is 11.9 Å². The van der Waals surface area contributed by atoms with Crippen molar-refractivity contribution in [2.75, 3.05) is 13.2 Å². The summed E-state index contributed by atoms with van der Waals surface area (Å²) < 4.78 is 23.9. The highest BCUT2D eigenvalue weighted by Crippen LogP contribution is 2.27. The minimum atomic E-state index is -1.10. The zero-order chi connectivity index (χ0) is 24.8. The molecule has 0 spiro atoms. The maximum Gasteiger partial charge on any atom is 0.408 e. The van der Waals surface area contributed by atoms with Crippen molar-refractivity contribution in [1.82, 2.24) is 5.32 Å². The van der Waals surface area contributed by atoms with Crippen LogP contribution in [0.5, 0.6) is 0 Å². The minimum Gasteiger partial charge on any atom is -0.444 e. The Morgan fingerprint density at radius 3 is 2.18 bits per heavy atom. The van der Waals surface area contributed by atoms with E-state index in [-0.39, 0.29) is 18.0 Å². The topological polar surface area (TPSA) is 88.4 Å². The highest BCUT2D eigenvalue weighted by molar-refractivity contribution is 5.92. The molecule has 2 aromatic carbocycles. The fourth-order valence-corrected chi connectivity index (χ4v) is 4.04. The molecule has 34 heavy (non-hydrogen) atoms. The van der Waals surface area contributed by atoms with Gasteiger partial charge in [0.05, 0.1) is 12.0 Å². The average Bonchev–Trinajstić information content (AvgIpc) is 2.79. The monoisotopic (exact) mass is 466 g/mol. The maximum atomic E-state index is 13.3. The lowest BCUT2D eigenvalue weighted by Crippen LogP contribution is -2.58. The van der Waals surface area contributed by atoms with E-state index in [1.54, 1.807) is 32.9 Å². The van der Waals surface area contributed by atoms with Gasteiger partial charge in [0.15, 0.2) is 5.78 Å². The fraction of sp³-hybridized carbons (Fsp3) is 0.444. The van der Waals surface area contributed by atoms with Crippen LogP contribution in [0.3, 0.4) is 0 Å². The van der Waals surface area contributed by atoms with Gasteiger partial charge in [0.2, 0.25) is 0 Å². The van der Waals surface area contributed by atoms with Crippen molar-refractivity contribution in [3.63, 3.8) is 0 Å². The number of alkyl carbamates (subject to hydrolysis) is 1. The van der Waals surface area contributed by atoms with Crippen LogP contribution in [-0.2, 0) is 20.7 Å². The first kappa shape index (κ1) is 25.4. The lowest BCUT2D eigenvalue weighted by molar-refractivity contribution is -0.130. The number of nitrogens with one attached hydrogen (secondary N) is 1. The number of carbonyl (C=O) groups excluding carboxylic acids is 2. The van der Waals surface area contributed by atoms with Crippen molar-refractivity contribution in [2.45, 2.75) is 57.6 Å². The molecule has 7 heteroatoms. The highest BCUT2D eigenvalue weighted by atomic mass is 19.1. The molecular formula is C27H31FN2O4. The number of halogens is 1. The number of hydrogen-bond donors (Lipinski definition) is 1. The van der Waals surface area contributed by atoms with Gasteiger partial charge in [0.1, 0.15) is 17.0 Å². The Hall–Kier alpha value is -3.24. The molecule has 0 aromatic heterocycles. The van der Waals surface area contributed by atoms with Gasteiger partial charge >= 0.3 is 6.09 Å². The Balaban J connectivity index is 1.67. The van der Waals surface area contributed by atoms with E-state index < -0.39 is 23.2 Å². The molecule has 1 fully saturated rings. The van der Waals surface area contributed by atoms with Crippen LogP contribution in [0.25, 0.3) is 11.1 Å². The fourth-order valence-electron chi connectivity index (χ4n) is 4.04. The summed E-state index contributed by atoms with van der Waals surface area (Å²) in [7, 11) is 0. The van der Waals surface area contributed by atoms with Gasteiger partial charge in [-0.2, -0.15) is 5.26 Å². The molecule has 1 amide bonds. The van der Waals surface area contributed by atoms with Gasteiger partial charge < -0.3 is 14.8 Å². The predicted molar refractivity (Wildman–Crippen MR) is 126 cm³/mol. The summed E-state index contributed by atoms with van der Waals surface area (Å²) in [6.45, 7) is 5.99. The number of amides is 1. The molecule has 1 N–H and O–H groups in total. The summed E-state index contributed by atoms with van der Waals surface area (Å²) in [6.07, 6.45) is 0.468. The number of nitrogens with zero attached hydrogens (tertiary/aromatic N) is 1. The number of Topliss-reactive ketones (excluding diaryl/α,β-unsaturated/α-hetero) is 1. The smallest absolute Gasteiger partial charge is 0.408 e. The first-order chi connectivity index (χ1) is 16.1. The standard InChI is InChI=1S/C27H31FN2O4/c1-26(2,3)34-25(32)30-27(12-14-33-15-13-27)24(31)17-20(18-29)16-19-4-6-21(7-5-19)22-8-10-23(28)11-9-22/h4-11,20H,12-17H2,1-3H3,(H,30,32)/t20-/m1/s1. The molecule has 0 radical (unpaired) electrons. The quantitative estimate of drug-likeness (QED) is 0.605. The second kappa shape index (κ2) is 10.8. The molecule has 1 aliphatic rings.